The van der Waals surface area contributed by atoms with Crippen molar-refractivity contribution >= 4 is 28.5 Å². The smallest absolute Gasteiger partial charge is 0.339 e. The van der Waals surface area contributed by atoms with Crippen molar-refractivity contribution in [3.8, 4) is 22.8 Å². The van der Waals surface area contributed by atoms with E-state index in [0.29, 0.717) is 52.6 Å². The minimum Gasteiger partial charge on any atom is -0.486 e. The Balaban J connectivity index is 1.32. The van der Waals surface area contributed by atoms with Gasteiger partial charge in [-0.05, 0) is 36.4 Å². The topological polar surface area (TPSA) is 99.6 Å². The molecule has 2 aromatic carbocycles. The van der Waals surface area contributed by atoms with E-state index in [4.69, 9.17) is 14.2 Å². The predicted molar refractivity (Wildman–Crippen MR) is 121 cm³/mol. The summed E-state index contributed by atoms with van der Waals surface area (Å²) in [6, 6.07) is 17.7. The average Bonchev–Trinajstić information content (AvgIpc) is 2.87. The van der Waals surface area contributed by atoms with Crippen molar-refractivity contribution < 1.29 is 23.8 Å². The molecule has 33 heavy (non-hydrogen) atoms. The normalized spacial score (nSPS) is 12.2. The van der Waals surface area contributed by atoms with Crippen LogP contribution in [-0.2, 0) is 9.53 Å². The Morgan fingerprint density at radius 1 is 0.970 bits per heavy atom. The Bertz CT molecular complexity index is 1340. The number of benzene rings is 2. The number of para-hydroxylation sites is 1. The average molecular weight is 441 g/mol. The highest BCUT2D eigenvalue weighted by Gasteiger charge is 2.17. The Labute approximate surface area is 189 Å². The van der Waals surface area contributed by atoms with E-state index in [2.05, 4.69) is 15.3 Å². The Kier molecular flexibility index (Phi) is 5.55. The zero-order chi connectivity index (χ0) is 22.6. The first kappa shape index (κ1) is 20.4. The van der Waals surface area contributed by atoms with Gasteiger partial charge in [0.1, 0.15) is 13.2 Å². The van der Waals surface area contributed by atoms with E-state index in [1.165, 1.54) is 0 Å². The lowest BCUT2D eigenvalue weighted by atomic mass is 10.1. The van der Waals surface area contributed by atoms with E-state index in [1.807, 2.05) is 24.3 Å². The third kappa shape index (κ3) is 4.45. The number of fused-ring (bicyclic) bond motifs is 2. The summed E-state index contributed by atoms with van der Waals surface area (Å²) in [5, 5.41) is 3.34. The molecule has 0 spiro atoms. The van der Waals surface area contributed by atoms with E-state index < -0.39 is 18.5 Å². The maximum Gasteiger partial charge on any atom is 0.339 e. The number of pyridine rings is 2. The molecule has 0 saturated carbocycles. The molecule has 0 bridgehead atoms. The fourth-order valence-corrected chi connectivity index (χ4v) is 3.53. The molecular formula is C25H19N3O5. The highest BCUT2D eigenvalue weighted by atomic mass is 16.6. The van der Waals surface area contributed by atoms with Gasteiger partial charge in [-0.1, -0.05) is 18.2 Å². The standard InChI is InChI=1S/C25H19N3O5/c29-24(27-17-7-8-22-23(12-17)32-11-10-31-22)15-33-25(30)19-13-21(16-4-3-9-26-14-16)28-20-6-2-1-5-18(19)20/h1-9,12-14H,10-11,15H2,(H,27,29). The molecule has 0 atom stereocenters. The molecule has 0 radical (unpaired) electrons. The van der Waals surface area contributed by atoms with E-state index >= 15 is 0 Å². The third-order valence-electron chi connectivity index (χ3n) is 5.05. The zero-order valence-electron chi connectivity index (χ0n) is 17.5. The van der Waals surface area contributed by atoms with Crippen LogP contribution in [0.1, 0.15) is 10.4 Å². The maximum atomic E-state index is 12.9. The summed E-state index contributed by atoms with van der Waals surface area (Å²) in [4.78, 5) is 34.0. The summed E-state index contributed by atoms with van der Waals surface area (Å²) in [5.41, 5.74) is 2.86. The molecule has 1 N–H and O–H groups in total. The SMILES string of the molecule is O=C(COC(=O)c1cc(-c2cccnc2)nc2ccccc12)Nc1ccc2c(c1)OCCO2. The number of amides is 1. The summed E-state index contributed by atoms with van der Waals surface area (Å²) in [6.45, 7) is 0.496. The van der Waals surface area contributed by atoms with Crippen LogP contribution in [0, 0.1) is 0 Å². The lowest BCUT2D eigenvalue weighted by molar-refractivity contribution is -0.119. The van der Waals surface area contributed by atoms with Gasteiger partial charge in [0.15, 0.2) is 18.1 Å². The van der Waals surface area contributed by atoms with Gasteiger partial charge in [-0.3, -0.25) is 9.78 Å². The van der Waals surface area contributed by atoms with Crippen molar-refractivity contribution in [1.82, 2.24) is 9.97 Å². The van der Waals surface area contributed by atoms with Gasteiger partial charge in [-0.2, -0.15) is 0 Å². The highest BCUT2D eigenvalue weighted by Crippen LogP contribution is 2.32. The third-order valence-corrected chi connectivity index (χ3v) is 5.05. The fraction of sp³-hybridized carbons (Fsp3) is 0.120. The molecule has 3 heterocycles. The minimum atomic E-state index is -0.615. The number of rotatable bonds is 5. The first-order valence-electron chi connectivity index (χ1n) is 10.3. The van der Waals surface area contributed by atoms with Gasteiger partial charge in [0, 0.05) is 35.1 Å². The Morgan fingerprint density at radius 3 is 2.67 bits per heavy atom. The minimum absolute atomic E-state index is 0.326. The van der Waals surface area contributed by atoms with Crippen molar-refractivity contribution in [3.63, 3.8) is 0 Å². The van der Waals surface area contributed by atoms with Crippen molar-refractivity contribution in [2.24, 2.45) is 0 Å². The quantitative estimate of drug-likeness (QED) is 0.470. The molecule has 1 amide bonds. The number of nitrogens with one attached hydrogen (secondary N) is 1. The van der Waals surface area contributed by atoms with Crippen molar-refractivity contribution in [3.05, 3.63) is 78.6 Å². The van der Waals surface area contributed by atoms with Crippen LogP contribution in [0.2, 0.25) is 0 Å². The number of esters is 1. The second-order valence-electron chi connectivity index (χ2n) is 7.30. The van der Waals surface area contributed by atoms with Crippen LogP contribution < -0.4 is 14.8 Å². The van der Waals surface area contributed by atoms with Crippen LogP contribution in [0.3, 0.4) is 0 Å². The number of ether oxygens (including phenoxy) is 3. The second-order valence-corrected chi connectivity index (χ2v) is 7.30. The van der Waals surface area contributed by atoms with Crippen molar-refractivity contribution in [2.45, 2.75) is 0 Å². The number of anilines is 1. The molecule has 2 aromatic heterocycles. The Morgan fingerprint density at radius 2 is 1.82 bits per heavy atom. The monoisotopic (exact) mass is 441 g/mol. The van der Waals surface area contributed by atoms with Crippen LogP contribution in [0.15, 0.2) is 73.1 Å². The number of aromatic nitrogens is 2. The molecule has 1 aliphatic rings. The number of carbonyl (C=O) groups excluding carboxylic acids is 2. The van der Waals surface area contributed by atoms with Gasteiger partial charge in [-0.25, -0.2) is 9.78 Å². The molecule has 0 unspecified atom stereocenters. The summed E-state index contributed by atoms with van der Waals surface area (Å²) >= 11 is 0. The zero-order valence-corrected chi connectivity index (χ0v) is 17.5. The summed E-state index contributed by atoms with van der Waals surface area (Å²) in [5.74, 6) is 0.101. The van der Waals surface area contributed by atoms with E-state index in [-0.39, 0.29) is 0 Å². The van der Waals surface area contributed by atoms with Crippen LogP contribution in [0.25, 0.3) is 22.2 Å². The molecule has 8 nitrogen and oxygen atoms in total. The van der Waals surface area contributed by atoms with E-state index in [0.717, 1.165) is 5.56 Å². The predicted octanol–water partition coefficient (Wildman–Crippen LogP) is 3.86. The molecule has 4 aromatic rings. The van der Waals surface area contributed by atoms with Gasteiger partial charge in [0.25, 0.3) is 5.91 Å². The lowest BCUT2D eigenvalue weighted by Gasteiger charge is -2.19. The number of nitrogens with zero attached hydrogens (tertiary/aromatic N) is 2. The van der Waals surface area contributed by atoms with E-state index in [1.54, 1.807) is 48.8 Å². The molecule has 0 aliphatic carbocycles. The maximum absolute atomic E-state index is 12.9. The summed E-state index contributed by atoms with van der Waals surface area (Å²) in [6.07, 6.45) is 3.34. The van der Waals surface area contributed by atoms with Crippen LogP contribution in [-0.4, -0.2) is 41.7 Å². The number of carbonyl (C=O) groups is 2. The molecule has 164 valence electrons. The van der Waals surface area contributed by atoms with Gasteiger partial charge in [0.2, 0.25) is 0 Å². The molecule has 0 saturated heterocycles. The molecule has 5 rings (SSSR count). The van der Waals surface area contributed by atoms with Gasteiger partial charge < -0.3 is 19.5 Å². The van der Waals surface area contributed by atoms with Gasteiger partial charge in [0.05, 0.1) is 16.8 Å². The van der Waals surface area contributed by atoms with E-state index in [9.17, 15) is 9.59 Å². The van der Waals surface area contributed by atoms with Crippen LogP contribution in [0.5, 0.6) is 11.5 Å². The summed E-state index contributed by atoms with van der Waals surface area (Å²) < 4.78 is 16.3. The van der Waals surface area contributed by atoms with Crippen LogP contribution in [0.4, 0.5) is 5.69 Å². The lowest BCUT2D eigenvalue weighted by Crippen LogP contribution is -2.21. The van der Waals surface area contributed by atoms with Crippen LogP contribution >= 0.6 is 0 Å². The molecular weight excluding hydrogens is 422 g/mol. The Hall–Kier alpha value is -4.46. The van der Waals surface area contributed by atoms with Crippen molar-refractivity contribution in [1.29, 1.82) is 0 Å². The molecule has 0 fully saturated rings. The highest BCUT2D eigenvalue weighted by molar-refractivity contribution is 6.05. The number of hydrogen-bond donors (Lipinski definition) is 1. The van der Waals surface area contributed by atoms with Crippen molar-refractivity contribution in [2.75, 3.05) is 25.1 Å². The first-order valence-corrected chi connectivity index (χ1v) is 10.3. The summed E-state index contributed by atoms with van der Waals surface area (Å²) in [7, 11) is 0. The van der Waals surface area contributed by atoms with Gasteiger partial charge in [-0.15, -0.1) is 0 Å². The number of hydrogen-bond acceptors (Lipinski definition) is 7. The fourth-order valence-electron chi connectivity index (χ4n) is 3.53. The first-order chi connectivity index (χ1) is 16.2. The molecule has 1 aliphatic heterocycles. The largest absolute Gasteiger partial charge is 0.486 e. The molecule has 8 heteroatoms. The second kappa shape index (κ2) is 8.96. The van der Waals surface area contributed by atoms with Gasteiger partial charge >= 0.3 is 5.97 Å².